The van der Waals surface area contributed by atoms with E-state index >= 15 is 0 Å². The Kier molecular flexibility index (Phi) is 5.12. The molecule has 0 aliphatic heterocycles. The van der Waals surface area contributed by atoms with E-state index in [0.717, 1.165) is 18.5 Å². The van der Waals surface area contributed by atoms with Crippen molar-refractivity contribution in [2.75, 3.05) is 25.0 Å². The molecule has 5 nitrogen and oxygen atoms in total. The molecule has 0 saturated heterocycles. The minimum Gasteiger partial charge on any atom is -0.465 e. The summed E-state index contributed by atoms with van der Waals surface area (Å²) in [7, 11) is 0. The van der Waals surface area contributed by atoms with E-state index in [4.69, 9.17) is 4.74 Å². The van der Waals surface area contributed by atoms with Gasteiger partial charge >= 0.3 is 5.97 Å². The minimum absolute atomic E-state index is 0.104. The molecule has 1 aliphatic carbocycles. The number of anilines is 1. The number of nitrogens with zero attached hydrogens (tertiary/aromatic N) is 1. The Morgan fingerprint density at radius 2 is 1.95 bits per heavy atom. The zero-order valence-corrected chi connectivity index (χ0v) is 11.7. The van der Waals surface area contributed by atoms with Crippen LogP contribution < -0.4 is 5.32 Å². The molecule has 0 aromatic heterocycles. The Hall–Kier alpha value is -1.88. The summed E-state index contributed by atoms with van der Waals surface area (Å²) in [4.78, 5) is 25.4. The summed E-state index contributed by atoms with van der Waals surface area (Å²) in [6.45, 7) is 2.55. The van der Waals surface area contributed by atoms with Crippen molar-refractivity contribution in [3.8, 4) is 0 Å². The Morgan fingerprint density at radius 3 is 2.55 bits per heavy atom. The number of para-hydroxylation sites is 1. The maximum Gasteiger partial charge on any atom is 0.320 e. The van der Waals surface area contributed by atoms with Crippen LogP contribution in [0.25, 0.3) is 0 Å². The number of rotatable bonds is 7. The molecule has 0 atom stereocenters. The topological polar surface area (TPSA) is 58.6 Å². The maximum absolute atomic E-state index is 12.0. The van der Waals surface area contributed by atoms with Crippen LogP contribution in [0.15, 0.2) is 30.3 Å². The van der Waals surface area contributed by atoms with E-state index < -0.39 is 0 Å². The molecule has 1 aromatic carbocycles. The van der Waals surface area contributed by atoms with E-state index in [9.17, 15) is 9.59 Å². The highest BCUT2D eigenvalue weighted by molar-refractivity contribution is 5.92. The molecule has 0 heterocycles. The first-order valence-corrected chi connectivity index (χ1v) is 6.93. The molecule has 108 valence electrons. The van der Waals surface area contributed by atoms with E-state index in [2.05, 4.69) is 5.32 Å². The number of carbonyl (C=O) groups excluding carboxylic acids is 2. The van der Waals surface area contributed by atoms with Crippen LogP contribution in [-0.4, -0.2) is 42.5 Å². The second kappa shape index (κ2) is 7.05. The molecule has 0 spiro atoms. The van der Waals surface area contributed by atoms with Crippen LogP contribution in [0, 0.1) is 0 Å². The Labute approximate surface area is 118 Å². The zero-order chi connectivity index (χ0) is 14.4. The summed E-state index contributed by atoms with van der Waals surface area (Å²) in [6.07, 6.45) is 2.08. The van der Waals surface area contributed by atoms with Crippen LogP contribution in [0.4, 0.5) is 5.69 Å². The number of hydrogen-bond acceptors (Lipinski definition) is 4. The highest BCUT2D eigenvalue weighted by Gasteiger charge is 2.31. The van der Waals surface area contributed by atoms with Gasteiger partial charge in [-0.1, -0.05) is 18.2 Å². The normalized spacial score (nSPS) is 14.1. The largest absolute Gasteiger partial charge is 0.465 e. The van der Waals surface area contributed by atoms with Gasteiger partial charge in [-0.25, -0.2) is 0 Å². The highest BCUT2D eigenvalue weighted by atomic mass is 16.5. The maximum atomic E-state index is 12.0. The third-order valence-electron chi connectivity index (χ3n) is 3.11. The molecule has 0 bridgehead atoms. The van der Waals surface area contributed by atoms with Crippen LogP contribution in [0.3, 0.4) is 0 Å². The first-order valence-electron chi connectivity index (χ1n) is 6.93. The fraction of sp³-hybridized carbons (Fsp3) is 0.467. The number of benzene rings is 1. The fourth-order valence-corrected chi connectivity index (χ4v) is 2.03. The van der Waals surface area contributed by atoms with Gasteiger partial charge in [-0.05, 0) is 31.9 Å². The summed E-state index contributed by atoms with van der Waals surface area (Å²) >= 11 is 0. The number of carbonyl (C=O) groups is 2. The van der Waals surface area contributed by atoms with Crippen molar-refractivity contribution in [1.29, 1.82) is 0 Å². The van der Waals surface area contributed by atoms with Crippen molar-refractivity contribution >= 4 is 17.6 Å². The van der Waals surface area contributed by atoms with E-state index in [1.165, 1.54) is 0 Å². The summed E-state index contributed by atoms with van der Waals surface area (Å²) < 4.78 is 4.94. The smallest absolute Gasteiger partial charge is 0.320 e. The summed E-state index contributed by atoms with van der Waals surface area (Å²) in [6, 6.07) is 9.64. The molecule has 2 rings (SSSR count). The number of ether oxygens (including phenoxy) is 1. The van der Waals surface area contributed by atoms with Gasteiger partial charge in [0.2, 0.25) is 5.91 Å². The van der Waals surface area contributed by atoms with Gasteiger partial charge in [0, 0.05) is 11.7 Å². The van der Waals surface area contributed by atoms with E-state index in [1.54, 1.807) is 6.92 Å². The van der Waals surface area contributed by atoms with Crippen molar-refractivity contribution in [2.24, 2.45) is 0 Å². The third-order valence-corrected chi connectivity index (χ3v) is 3.11. The minimum atomic E-state index is -0.271. The van der Waals surface area contributed by atoms with Crippen LogP contribution in [-0.2, 0) is 14.3 Å². The van der Waals surface area contributed by atoms with Gasteiger partial charge in [0.25, 0.3) is 0 Å². The molecular weight excluding hydrogens is 256 g/mol. The molecule has 1 N–H and O–H groups in total. The SMILES string of the molecule is CCOC(=O)CN(CC(=O)Nc1ccccc1)C1CC1. The van der Waals surface area contributed by atoms with Crippen LogP contribution >= 0.6 is 0 Å². The summed E-state index contributed by atoms with van der Waals surface area (Å²) in [5.41, 5.74) is 0.768. The molecule has 5 heteroatoms. The van der Waals surface area contributed by atoms with E-state index in [1.807, 2.05) is 35.2 Å². The van der Waals surface area contributed by atoms with Crippen molar-refractivity contribution < 1.29 is 14.3 Å². The van der Waals surface area contributed by atoms with Crippen molar-refractivity contribution in [3.63, 3.8) is 0 Å². The predicted molar refractivity (Wildman–Crippen MR) is 76.3 cm³/mol. The lowest BCUT2D eigenvalue weighted by atomic mass is 10.3. The lowest BCUT2D eigenvalue weighted by Gasteiger charge is -2.20. The molecule has 1 saturated carbocycles. The average molecular weight is 276 g/mol. The van der Waals surface area contributed by atoms with Gasteiger partial charge in [-0.3, -0.25) is 14.5 Å². The third kappa shape index (κ3) is 4.66. The Balaban J connectivity index is 1.84. The molecule has 1 fully saturated rings. The van der Waals surface area contributed by atoms with Crippen molar-refractivity contribution in [1.82, 2.24) is 4.90 Å². The van der Waals surface area contributed by atoms with Crippen LogP contribution in [0.2, 0.25) is 0 Å². The Morgan fingerprint density at radius 1 is 1.25 bits per heavy atom. The van der Waals surface area contributed by atoms with E-state index in [-0.39, 0.29) is 25.0 Å². The number of nitrogens with one attached hydrogen (secondary N) is 1. The second-order valence-corrected chi connectivity index (χ2v) is 4.86. The molecule has 0 unspecified atom stereocenters. The molecule has 1 aliphatic rings. The first kappa shape index (κ1) is 14.5. The van der Waals surface area contributed by atoms with Gasteiger partial charge in [-0.15, -0.1) is 0 Å². The van der Waals surface area contributed by atoms with Gasteiger partial charge in [0.1, 0.15) is 0 Å². The predicted octanol–water partition coefficient (Wildman–Crippen LogP) is 1.65. The molecule has 20 heavy (non-hydrogen) atoms. The summed E-state index contributed by atoms with van der Waals surface area (Å²) in [5.74, 6) is -0.376. The number of esters is 1. The standard InChI is InChI=1S/C15H20N2O3/c1-2-20-15(19)11-17(13-8-9-13)10-14(18)16-12-6-4-3-5-7-12/h3-7,13H,2,8-11H2,1H3,(H,16,18). The first-order chi connectivity index (χ1) is 9.69. The van der Waals surface area contributed by atoms with Crippen molar-refractivity contribution in [2.45, 2.75) is 25.8 Å². The lowest BCUT2D eigenvalue weighted by Crippen LogP contribution is -2.39. The van der Waals surface area contributed by atoms with E-state index in [0.29, 0.717) is 12.6 Å². The fourth-order valence-electron chi connectivity index (χ4n) is 2.03. The highest BCUT2D eigenvalue weighted by Crippen LogP contribution is 2.26. The molecule has 1 aromatic rings. The second-order valence-electron chi connectivity index (χ2n) is 4.86. The zero-order valence-electron chi connectivity index (χ0n) is 11.7. The molecular formula is C15H20N2O3. The van der Waals surface area contributed by atoms with Gasteiger partial charge in [0.05, 0.1) is 19.7 Å². The average Bonchev–Trinajstić information content (AvgIpc) is 3.23. The van der Waals surface area contributed by atoms with Gasteiger partial charge in [0.15, 0.2) is 0 Å². The molecule has 1 amide bonds. The number of amides is 1. The van der Waals surface area contributed by atoms with Crippen LogP contribution in [0.5, 0.6) is 0 Å². The van der Waals surface area contributed by atoms with Crippen LogP contribution in [0.1, 0.15) is 19.8 Å². The monoisotopic (exact) mass is 276 g/mol. The number of hydrogen-bond donors (Lipinski definition) is 1. The quantitative estimate of drug-likeness (QED) is 0.769. The Bertz CT molecular complexity index is 457. The van der Waals surface area contributed by atoms with Gasteiger partial charge < -0.3 is 10.1 Å². The van der Waals surface area contributed by atoms with Gasteiger partial charge in [-0.2, -0.15) is 0 Å². The molecule has 0 radical (unpaired) electrons. The summed E-state index contributed by atoms with van der Waals surface area (Å²) in [5, 5.41) is 2.83. The van der Waals surface area contributed by atoms with Crippen molar-refractivity contribution in [3.05, 3.63) is 30.3 Å². The lowest BCUT2D eigenvalue weighted by molar-refractivity contribution is -0.144.